The van der Waals surface area contributed by atoms with Gasteiger partial charge in [0.1, 0.15) is 0 Å². The van der Waals surface area contributed by atoms with Gasteiger partial charge < -0.3 is 10.2 Å². The molecule has 3 fully saturated rings. The fourth-order valence-corrected chi connectivity index (χ4v) is 6.13. The molecule has 3 rings (SSSR count). The monoisotopic (exact) mass is 449 g/mol. The minimum absolute atomic E-state index is 0. The van der Waals surface area contributed by atoms with Crippen molar-refractivity contribution >= 4 is 12.8 Å². The molecular formula is C27H47NO2S. The van der Waals surface area contributed by atoms with Crippen molar-refractivity contribution in [3.05, 3.63) is 47.6 Å². The Labute approximate surface area is 197 Å². The maximum absolute atomic E-state index is 10.1. The zero-order valence-electron chi connectivity index (χ0n) is 19.2. The van der Waals surface area contributed by atoms with Crippen LogP contribution in [0.5, 0.6) is 0 Å². The van der Waals surface area contributed by atoms with Crippen LogP contribution in [0.2, 0.25) is 0 Å². The van der Waals surface area contributed by atoms with Gasteiger partial charge in [0.05, 0.1) is 12.2 Å². The third-order valence-corrected chi connectivity index (χ3v) is 7.82. The lowest BCUT2D eigenvalue weighted by atomic mass is 9.61. The molecule has 6 atom stereocenters. The van der Waals surface area contributed by atoms with Crippen molar-refractivity contribution < 1.29 is 10.2 Å². The van der Waals surface area contributed by atoms with Crippen LogP contribution in [0.4, 0.5) is 0 Å². The van der Waals surface area contributed by atoms with Crippen LogP contribution in [0.1, 0.15) is 86.0 Å². The molecule has 0 aliphatic heterocycles. The molecule has 31 heavy (non-hydrogen) atoms. The van der Waals surface area contributed by atoms with Crippen LogP contribution in [0, 0.1) is 23.2 Å². The van der Waals surface area contributed by atoms with Crippen LogP contribution in [-0.2, 0) is 0 Å². The Balaban J connectivity index is 0.00000156. The molecule has 0 heterocycles. The number of hydrogen-bond donors (Lipinski definition) is 4. The van der Waals surface area contributed by atoms with Gasteiger partial charge in [0, 0.05) is 0 Å². The number of aliphatic hydroxyl groups is 2. The predicted molar refractivity (Wildman–Crippen MR) is 138 cm³/mol. The van der Waals surface area contributed by atoms with Gasteiger partial charge in [0.25, 0.3) is 0 Å². The summed E-state index contributed by atoms with van der Waals surface area (Å²) in [5, 5.41) is 23.8. The topological polar surface area (TPSA) is 66.5 Å². The summed E-state index contributed by atoms with van der Waals surface area (Å²) in [4.78, 5) is 0. The molecule has 4 heteroatoms. The molecule has 0 aromatic carbocycles. The average Bonchev–Trinajstić information content (AvgIpc) is 3.07. The minimum Gasteiger partial charge on any atom is -0.393 e. The standard InChI is InChI=1S/C26H40O2.CH4.H3NS/c1-18(7-5-8-20(3)27)23-14-15-24-22(9-6-16-26(23,24)4)13-12-21-11-10-19(2)25(28)17-21;;1-2/h5,7,12-13,18,20,23-25,27-28H,2,6,8-11,14-17H2,1,3-4H3;1H4;2H,1H2/b7-5+,21-12-,22-13+;;/t18-,20-,23?,24?,25-,26-;;/m1../s1. The maximum atomic E-state index is 10.1. The smallest absolute Gasteiger partial charge is 0.0784 e. The zero-order chi connectivity index (χ0) is 22.3. The Morgan fingerprint density at radius 2 is 1.90 bits per heavy atom. The Morgan fingerprint density at radius 3 is 2.55 bits per heavy atom. The van der Waals surface area contributed by atoms with Crippen LogP contribution in [-0.4, -0.2) is 22.4 Å². The number of nitrogens with two attached hydrogens (primary N) is 1. The summed E-state index contributed by atoms with van der Waals surface area (Å²) in [5.74, 6) is 2.02. The third kappa shape index (κ3) is 7.08. The highest BCUT2D eigenvalue weighted by molar-refractivity contribution is 7.77. The first-order chi connectivity index (χ1) is 14.3. The van der Waals surface area contributed by atoms with Gasteiger partial charge in [0.15, 0.2) is 0 Å². The first-order valence-electron chi connectivity index (χ1n) is 11.7. The van der Waals surface area contributed by atoms with Crippen LogP contribution in [0.15, 0.2) is 47.6 Å². The van der Waals surface area contributed by atoms with E-state index in [-0.39, 0.29) is 19.6 Å². The second-order valence-corrected chi connectivity index (χ2v) is 9.91. The first-order valence-corrected chi connectivity index (χ1v) is 12.2. The summed E-state index contributed by atoms with van der Waals surface area (Å²) in [5.41, 5.74) is 4.41. The van der Waals surface area contributed by atoms with Gasteiger partial charge in [0.2, 0.25) is 0 Å². The Hall–Kier alpha value is -0.810. The number of hydrogen-bond acceptors (Lipinski definition) is 4. The van der Waals surface area contributed by atoms with Crippen molar-refractivity contribution in [2.75, 3.05) is 0 Å². The number of fused-ring (bicyclic) bond motifs is 1. The first kappa shape index (κ1) is 28.2. The minimum atomic E-state index is -0.347. The second kappa shape index (κ2) is 13.0. The Morgan fingerprint density at radius 1 is 1.19 bits per heavy atom. The molecule has 3 nitrogen and oxygen atoms in total. The van der Waals surface area contributed by atoms with Gasteiger partial charge in [-0.3, -0.25) is 5.14 Å². The van der Waals surface area contributed by atoms with Gasteiger partial charge in [-0.1, -0.05) is 63.3 Å². The van der Waals surface area contributed by atoms with Gasteiger partial charge in [-0.05, 0) is 93.5 Å². The fourth-order valence-electron chi connectivity index (χ4n) is 6.13. The summed E-state index contributed by atoms with van der Waals surface area (Å²) in [6, 6.07) is 0. The lowest BCUT2D eigenvalue weighted by Gasteiger charge is -2.44. The summed E-state index contributed by atoms with van der Waals surface area (Å²) in [6.45, 7) is 10.7. The molecule has 0 aromatic rings. The van der Waals surface area contributed by atoms with E-state index in [9.17, 15) is 10.2 Å². The predicted octanol–water partition coefficient (Wildman–Crippen LogP) is 6.55. The van der Waals surface area contributed by atoms with Gasteiger partial charge in [-0.25, -0.2) is 0 Å². The van der Waals surface area contributed by atoms with Crippen molar-refractivity contribution in [1.82, 2.24) is 0 Å². The number of allylic oxidation sites excluding steroid dienone is 4. The van der Waals surface area contributed by atoms with Crippen LogP contribution in [0.25, 0.3) is 0 Å². The molecule has 3 saturated carbocycles. The van der Waals surface area contributed by atoms with E-state index >= 15 is 0 Å². The molecule has 3 aliphatic rings. The lowest BCUT2D eigenvalue weighted by Crippen LogP contribution is -2.35. The Kier molecular flexibility index (Phi) is 11.9. The third-order valence-electron chi connectivity index (χ3n) is 7.82. The summed E-state index contributed by atoms with van der Waals surface area (Å²) < 4.78 is 0. The molecule has 2 unspecified atom stereocenters. The van der Waals surface area contributed by atoms with E-state index in [0.29, 0.717) is 17.3 Å². The molecule has 3 aliphatic carbocycles. The quantitative estimate of drug-likeness (QED) is 0.284. The highest BCUT2D eigenvalue weighted by Crippen LogP contribution is 2.59. The molecule has 0 spiro atoms. The normalized spacial score (nSPS) is 35.3. The fraction of sp³-hybridized carbons (Fsp3) is 0.704. The number of aliphatic hydroxyl groups excluding tert-OH is 2. The van der Waals surface area contributed by atoms with Crippen molar-refractivity contribution in [2.45, 2.75) is 98.2 Å². The second-order valence-electron chi connectivity index (χ2n) is 9.91. The highest BCUT2D eigenvalue weighted by atomic mass is 32.1. The number of thiol groups is 1. The van der Waals surface area contributed by atoms with Gasteiger partial charge in [-0.2, -0.15) is 0 Å². The van der Waals surface area contributed by atoms with Crippen molar-refractivity contribution in [2.24, 2.45) is 28.3 Å². The summed E-state index contributed by atoms with van der Waals surface area (Å²) in [6.07, 6.45) is 18.6. The summed E-state index contributed by atoms with van der Waals surface area (Å²) >= 11 is 3.03. The van der Waals surface area contributed by atoms with Crippen molar-refractivity contribution in [3.8, 4) is 0 Å². The summed E-state index contributed by atoms with van der Waals surface area (Å²) in [7, 11) is 0. The highest BCUT2D eigenvalue weighted by Gasteiger charge is 2.50. The van der Waals surface area contributed by atoms with E-state index in [2.05, 4.69) is 62.7 Å². The van der Waals surface area contributed by atoms with E-state index in [1.807, 2.05) is 6.92 Å². The molecule has 178 valence electrons. The zero-order valence-corrected chi connectivity index (χ0v) is 20.1. The van der Waals surface area contributed by atoms with Gasteiger partial charge in [-0.15, -0.1) is 12.8 Å². The van der Waals surface area contributed by atoms with Gasteiger partial charge >= 0.3 is 0 Å². The van der Waals surface area contributed by atoms with E-state index in [1.165, 1.54) is 37.7 Å². The Bertz CT molecular complexity index is 666. The van der Waals surface area contributed by atoms with Crippen LogP contribution < -0.4 is 5.14 Å². The van der Waals surface area contributed by atoms with E-state index in [1.54, 1.807) is 5.57 Å². The van der Waals surface area contributed by atoms with Crippen molar-refractivity contribution in [1.29, 1.82) is 0 Å². The van der Waals surface area contributed by atoms with Crippen LogP contribution in [0.3, 0.4) is 0 Å². The average molecular weight is 450 g/mol. The molecule has 0 saturated heterocycles. The lowest BCUT2D eigenvalue weighted by molar-refractivity contribution is 0.112. The largest absolute Gasteiger partial charge is 0.393 e. The molecular weight excluding hydrogens is 402 g/mol. The molecule has 0 bridgehead atoms. The number of rotatable bonds is 5. The molecule has 4 N–H and O–H groups in total. The van der Waals surface area contributed by atoms with Crippen molar-refractivity contribution in [3.63, 3.8) is 0 Å². The van der Waals surface area contributed by atoms with E-state index in [4.69, 9.17) is 0 Å². The molecule has 0 radical (unpaired) electrons. The molecule has 0 aromatic heterocycles. The van der Waals surface area contributed by atoms with Crippen LogP contribution >= 0.6 is 12.8 Å². The van der Waals surface area contributed by atoms with E-state index < -0.39 is 0 Å². The molecule has 0 amide bonds. The SMILES string of the molecule is C.C=C1CC/C(=C/C=C2\CCC[C@@]3(C)C2CCC3[C@H](C)/C=C/C[C@@H](C)O)C[C@H]1O.NS. The maximum Gasteiger partial charge on any atom is 0.0784 e. The van der Waals surface area contributed by atoms with E-state index in [0.717, 1.165) is 37.2 Å².